The molecule has 0 aliphatic heterocycles. The zero-order valence-electron chi connectivity index (χ0n) is 18.2. The third kappa shape index (κ3) is 6.54. The number of rotatable bonds is 9. The highest BCUT2D eigenvalue weighted by atomic mass is 35.5. The lowest BCUT2D eigenvalue weighted by molar-refractivity contribution is 0.101. The Bertz CT molecular complexity index is 1340. The molecule has 14 heteroatoms. The second-order valence-electron chi connectivity index (χ2n) is 8.18. The van der Waals surface area contributed by atoms with Crippen LogP contribution in [-0.4, -0.2) is 57.8 Å². The maximum Gasteiger partial charge on any atom is 0.333 e. The first kappa shape index (κ1) is 25.5. The van der Waals surface area contributed by atoms with E-state index in [2.05, 4.69) is 24.6 Å². The van der Waals surface area contributed by atoms with Gasteiger partial charge >= 0.3 is 10.3 Å². The number of carbonyl (C=O) groups excluding carboxylic acids is 1. The van der Waals surface area contributed by atoms with Crippen LogP contribution in [0.1, 0.15) is 34.5 Å². The number of hydrogen-bond acceptors (Lipinski definition) is 9. The summed E-state index contributed by atoms with van der Waals surface area (Å²) in [4.78, 5) is 21.3. The molecule has 0 amide bonds. The second-order valence-corrected chi connectivity index (χ2v) is 10.2. The van der Waals surface area contributed by atoms with Gasteiger partial charge in [-0.05, 0) is 36.6 Å². The molecule has 0 unspecified atom stereocenters. The van der Waals surface area contributed by atoms with E-state index in [0.29, 0.717) is 29.4 Å². The molecular weight excluding hydrogens is 519 g/mol. The Labute approximate surface area is 211 Å². The lowest BCUT2D eigenvalue weighted by Crippen LogP contribution is -2.24. The number of nitrogens with one attached hydrogen (secondary N) is 1. The van der Waals surface area contributed by atoms with E-state index in [4.69, 9.17) is 28.3 Å². The molecule has 1 aliphatic carbocycles. The van der Waals surface area contributed by atoms with Crippen LogP contribution in [0.4, 0.5) is 5.82 Å². The molecule has 0 radical (unpaired) electrons. The van der Waals surface area contributed by atoms with E-state index >= 15 is 0 Å². The van der Waals surface area contributed by atoms with Gasteiger partial charge in [0.1, 0.15) is 17.8 Å². The van der Waals surface area contributed by atoms with Crippen molar-refractivity contribution in [3.05, 3.63) is 69.9 Å². The largest absolute Gasteiger partial charge is 0.393 e. The van der Waals surface area contributed by atoms with E-state index in [1.54, 1.807) is 29.1 Å². The molecule has 4 rings (SSSR count). The summed E-state index contributed by atoms with van der Waals surface area (Å²) in [6.07, 6.45) is 4.28. The normalized spacial score (nSPS) is 20.2. The van der Waals surface area contributed by atoms with E-state index in [1.807, 2.05) is 6.07 Å². The molecule has 3 aromatic rings. The third-order valence-corrected chi connectivity index (χ3v) is 6.81. The van der Waals surface area contributed by atoms with Gasteiger partial charge in [0.2, 0.25) is 5.78 Å². The minimum atomic E-state index is -4.10. The van der Waals surface area contributed by atoms with Gasteiger partial charge in [0.15, 0.2) is 0 Å². The van der Waals surface area contributed by atoms with Crippen LogP contribution in [0.3, 0.4) is 0 Å². The van der Waals surface area contributed by atoms with Gasteiger partial charge < -0.3 is 10.4 Å². The molecule has 35 heavy (non-hydrogen) atoms. The van der Waals surface area contributed by atoms with Crippen molar-refractivity contribution in [2.45, 2.75) is 31.5 Å². The Morgan fingerprint density at radius 2 is 2.06 bits per heavy atom. The van der Waals surface area contributed by atoms with Gasteiger partial charge in [-0.2, -0.15) is 13.5 Å². The van der Waals surface area contributed by atoms with Crippen LogP contribution in [0.2, 0.25) is 10.0 Å². The number of aliphatic hydroxyl groups is 1. The molecule has 0 bridgehead atoms. The topological polar surface area (TPSA) is 162 Å². The number of benzene rings is 1. The SMILES string of the molecule is NS(=O)(=O)OC[C@H]1C[C@@H](Nc2ncncc2C(=O)c2ccn(Cc3ccc(Cl)c(Cl)c3)n2)C[C@@H]1O. The van der Waals surface area contributed by atoms with Crippen LogP contribution in [0.15, 0.2) is 43.0 Å². The molecule has 1 aromatic carbocycles. The Balaban J connectivity index is 1.44. The fourth-order valence-electron chi connectivity index (χ4n) is 3.92. The van der Waals surface area contributed by atoms with Crippen molar-refractivity contribution < 1.29 is 22.5 Å². The molecule has 0 saturated heterocycles. The average molecular weight is 541 g/mol. The summed E-state index contributed by atoms with van der Waals surface area (Å²) in [5, 5.41) is 23.5. The van der Waals surface area contributed by atoms with Crippen molar-refractivity contribution in [3.8, 4) is 0 Å². The predicted octanol–water partition coefficient (Wildman–Crippen LogP) is 2.03. The van der Waals surface area contributed by atoms with Gasteiger partial charge in [-0.3, -0.25) is 13.7 Å². The summed E-state index contributed by atoms with van der Waals surface area (Å²) in [6, 6.07) is 6.57. The molecule has 1 fully saturated rings. The minimum Gasteiger partial charge on any atom is -0.393 e. The fraction of sp³-hybridized carbons (Fsp3) is 0.333. The first-order valence-electron chi connectivity index (χ1n) is 10.5. The number of hydrogen-bond donors (Lipinski definition) is 3. The Morgan fingerprint density at radius 3 is 2.80 bits per heavy atom. The molecule has 11 nitrogen and oxygen atoms in total. The molecule has 1 aliphatic rings. The third-order valence-electron chi connectivity index (χ3n) is 5.60. The van der Waals surface area contributed by atoms with Gasteiger partial charge in [0.25, 0.3) is 0 Å². The minimum absolute atomic E-state index is 0.203. The van der Waals surface area contributed by atoms with E-state index < -0.39 is 22.3 Å². The number of nitrogens with two attached hydrogens (primary N) is 1. The maximum atomic E-state index is 13.2. The lowest BCUT2D eigenvalue weighted by atomic mass is 10.1. The summed E-state index contributed by atoms with van der Waals surface area (Å²) >= 11 is 12.0. The van der Waals surface area contributed by atoms with Crippen LogP contribution in [0, 0.1) is 5.92 Å². The monoisotopic (exact) mass is 540 g/mol. The maximum absolute atomic E-state index is 13.2. The van der Waals surface area contributed by atoms with Crippen molar-refractivity contribution in [1.82, 2.24) is 19.7 Å². The van der Waals surface area contributed by atoms with Gasteiger partial charge in [-0.1, -0.05) is 29.3 Å². The Kier molecular flexibility index (Phi) is 7.69. The molecule has 186 valence electrons. The number of anilines is 1. The standard InChI is InChI=1S/C21H22Cl2N6O5S/c22-16-2-1-12(5-17(16)23)9-29-4-3-18(28-29)20(31)15-8-25-11-26-21(15)27-14-6-13(19(30)7-14)10-34-35(24,32)33/h1-5,8,11,13-14,19,30H,6-7,9-10H2,(H2,24,32,33)(H,25,26,27)/t13-,14-,19+/m1/s1. The van der Waals surface area contributed by atoms with E-state index in [1.165, 1.54) is 12.5 Å². The number of halogens is 2. The Morgan fingerprint density at radius 1 is 1.26 bits per heavy atom. The number of carbonyl (C=O) groups is 1. The highest BCUT2D eigenvalue weighted by Crippen LogP contribution is 2.30. The van der Waals surface area contributed by atoms with Crippen LogP contribution < -0.4 is 10.5 Å². The summed E-state index contributed by atoms with van der Waals surface area (Å²) in [5.74, 6) is -0.535. The van der Waals surface area contributed by atoms with Crippen LogP contribution in [0.5, 0.6) is 0 Å². The van der Waals surface area contributed by atoms with Crippen LogP contribution >= 0.6 is 23.2 Å². The zero-order chi connectivity index (χ0) is 25.2. The van der Waals surface area contributed by atoms with Crippen molar-refractivity contribution in [2.75, 3.05) is 11.9 Å². The number of aromatic nitrogens is 4. The summed E-state index contributed by atoms with van der Waals surface area (Å²) < 4.78 is 28.3. The summed E-state index contributed by atoms with van der Waals surface area (Å²) in [6.45, 7) is 0.159. The van der Waals surface area contributed by atoms with Crippen LogP contribution in [-0.2, 0) is 21.0 Å². The van der Waals surface area contributed by atoms with Gasteiger partial charge in [-0.15, -0.1) is 0 Å². The number of nitrogens with zero attached hydrogens (tertiary/aromatic N) is 4. The first-order chi connectivity index (χ1) is 16.6. The molecule has 0 spiro atoms. The number of ketones is 1. The van der Waals surface area contributed by atoms with E-state index in [-0.39, 0.29) is 35.5 Å². The molecule has 2 heterocycles. The van der Waals surface area contributed by atoms with Gasteiger partial charge in [-0.25, -0.2) is 15.1 Å². The van der Waals surface area contributed by atoms with E-state index in [0.717, 1.165) is 5.56 Å². The summed E-state index contributed by atoms with van der Waals surface area (Å²) in [7, 11) is -4.10. The van der Waals surface area contributed by atoms with E-state index in [9.17, 15) is 18.3 Å². The van der Waals surface area contributed by atoms with Crippen LogP contribution in [0.25, 0.3) is 0 Å². The average Bonchev–Trinajstić information content (AvgIpc) is 3.40. The van der Waals surface area contributed by atoms with Crippen molar-refractivity contribution in [3.63, 3.8) is 0 Å². The highest BCUT2D eigenvalue weighted by Gasteiger charge is 2.34. The van der Waals surface area contributed by atoms with Crippen molar-refractivity contribution >= 4 is 45.1 Å². The molecule has 2 aromatic heterocycles. The summed E-state index contributed by atoms with van der Waals surface area (Å²) in [5.41, 5.74) is 1.28. The molecule has 3 atom stereocenters. The first-order valence-corrected chi connectivity index (χ1v) is 12.8. The van der Waals surface area contributed by atoms with Crippen molar-refractivity contribution in [2.24, 2.45) is 11.1 Å². The molecule has 4 N–H and O–H groups in total. The van der Waals surface area contributed by atoms with Gasteiger partial charge in [0.05, 0.1) is 34.9 Å². The fourth-order valence-corrected chi connectivity index (χ4v) is 4.61. The lowest BCUT2D eigenvalue weighted by Gasteiger charge is -2.15. The van der Waals surface area contributed by atoms with Gasteiger partial charge in [0, 0.05) is 24.4 Å². The number of aliphatic hydroxyl groups excluding tert-OH is 1. The molecule has 1 saturated carbocycles. The Hall–Kier alpha value is -2.61. The predicted molar refractivity (Wildman–Crippen MR) is 128 cm³/mol. The highest BCUT2D eigenvalue weighted by molar-refractivity contribution is 7.84. The smallest absolute Gasteiger partial charge is 0.333 e. The quantitative estimate of drug-likeness (QED) is 0.344. The zero-order valence-corrected chi connectivity index (χ0v) is 20.5. The molecular formula is C21H22Cl2N6O5S. The second kappa shape index (κ2) is 10.6. The van der Waals surface area contributed by atoms with Crippen molar-refractivity contribution in [1.29, 1.82) is 0 Å².